The SMILES string of the molecule is COc1cc(C)c2c(c1OC)CCC1CNCC21. The molecule has 3 heteroatoms. The summed E-state index contributed by atoms with van der Waals surface area (Å²) < 4.78 is 11.0. The van der Waals surface area contributed by atoms with Gasteiger partial charge in [0.1, 0.15) is 0 Å². The molecule has 1 aliphatic carbocycles. The smallest absolute Gasteiger partial charge is 0.164 e. The molecule has 0 radical (unpaired) electrons. The molecule has 1 N–H and O–H groups in total. The summed E-state index contributed by atoms with van der Waals surface area (Å²) in [6.07, 6.45) is 2.37. The van der Waals surface area contributed by atoms with Crippen molar-refractivity contribution in [3.8, 4) is 11.5 Å². The molecule has 1 saturated heterocycles. The van der Waals surface area contributed by atoms with Crippen molar-refractivity contribution in [1.82, 2.24) is 5.32 Å². The van der Waals surface area contributed by atoms with Crippen molar-refractivity contribution >= 4 is 0 Å². The highest BCUT2D eigenvalue weighted by atomic mass is 16.5. The summed E-state index contributed by atoms with van der Waals surface area (Å²) in [7, 11) is 3.46. The molecule has 3 rings (SSSR count). The average molecular weight is 247 g/mol. The highest BCUT2D eigenvalue weighted by molar-refractivity contribution is 5.57. The molecule has 0 bridgehead atoms. The van der Waals surface area contributed by atoms with E-state index >= 15 is 0 Å². The molecule has 98 valence electrons. The summed E-state index contributed by atoms with van der Waals surface area (Å²) in [5, 5.41) is 3.53. The lowest BCUT2D eigenvalue weighted by Gasteiger charge is -2.31. The van der Waals surface area contributed by atoms with Gasteiger partial charge in [0.05, 0.1) is 14.2 Å². The summed E-state index contributed by atoms with van der Waals surface area (Å²) in [6.45, 7) is 4.47. The van der Waals surface area contributed by atoms with Crippen LogP contribution in [-0.4, -0.2) is 27.3 Å². The quantitative estimate of drug-likeness (QED) is 0.869. The predicted octanol–water partition coefficient (Wildman–Crippen LogP) is 2.26. The molecule has 1 aromatic rings. The Balaban J connectivity index is 2.16. The molecule has 2 aliphatic rings. The van der Waals surface area contributed by atoms with Crippen LogP contribution in [0.5, 0.6) is 11.5 Å². The summed E-state index contributed by atoms with van der Waals surface area (Å²) in [4.78, 5) is 0. The molecular formula is C15H21NO2. The molecule has 1 heterocycles. The Morgan fingerprint density at radius 2 is 2.06 bits per heavy atom. The molecule has 1 fully saturated rings. The molecule has 2 atom stereocenters. The van der Waals surface area contributed by atoms with Crippen molar-refractivity contribution in [2.24, 2.45) is 5.92 Å². The third kappa shape index (κ3) is 1.61. The van der Waals surface area contributed by atoms with Crippen LogP contribution in [0.1, 0.15) is 29.0 Å². The number of aryl methyl sites for hydroxylation is 1. The van der Waals surface area contributed by atoms with E-state index in [1.54, 1.807) is 14.2 Å². The van der Waals surface area contributed by atoms with Crippen molar-refractivity contribution in [3.63, 3.8) is 0 Å². The van der Waals surface area contributed by atoms with E-state index < -0.39 is 0 Å². The van der Waals surface area contributed by atoms with Crippen LogP contribution in [0.25, 0.3) is 0 Å². The number of hydrogen-bond donors (Lipinski definition) is 1. The maximum atomic E-state index is 5.59. The van der Waals surface area contributed by atoms with Gasteiger partial charge in [-0.1, -0.05) is 0 Å². The Morgan fingerprint density at radius 3 is 2.78 bits per heavy atom. The molecule has 0 amide bonds. The second kappa shape index (κ2) is 4.47. The fraction of sp³-hybridized carbons (Fsp3) is 0.600. The molecule has 1 aliphatic heterocycles. The van der Waals surface area contributed by atoms with Gasteiger partial charge in [0, 0.05) is 18.0 Å². The van der Waals surface area contributed by atoms with Gasteiger partial charge < -0.3 is 14.8 Å². The van der Waals surface area contributed by atoms with Crippen molar-refractivity contribution in [3.05, 3.63) is 22.8 Å². The molecular weight excluding hydrogens is 226 g/mol. The number of rotatable bonds is 2. The van der Waals surface area contributed by atoms with Crippen LogP contribution in [0.4, 0.5) is 0 Å². The third-order valence-corrected chi connectivity index (χ3v) is 4.50. The van der Waals surface area contributed by atoms with Gasteiger partial charge in [0.25, 0.3) is 0 Å². The first kappa shape index (κ1) is 11.8. The Morgan fingerprint density at radius 1 is 1.22 bits per heavy atom. The Kier molecular flexibility index (Phi) is 2.94. The molecule has 3 nitrogen and oxygen atoms in total. The molecule has 2 unspecified atom stereocenters. The van der Waals surface area contributed by atoms with Crippen LogP contribution in [-0.2, 0) is 6.42 Å². The lowest BCUT2D eigenvalue weighted by Crippen LogP contribution is -2.21. The van der Waals surface area contributed by atoms with Gasteiger partial charge in [0.2, 0.25) is 0 Å². The van der Waals surface area contributed by atoms with Gasteiger partial charge >= 0.3 is 0 Å². The zero-order valence-corrected chi connectivity index (χ0v) is 11.4. The first-order valence-corrected chi connectivity index (χ1v) is 6.71. The minimum Gasteiger partial charge on any atom is -0.493 e. The van der Waals surface area contributed by atoms with E-state index in [2.05, 4.69) is 18.3 Å². The van der Waals surface area contributed by atoms with Crippen molar-refractivity contribution < 1.29 is 9.47 Å². The van der Waals surface area contributed by atoms with E-state index in [1.165, 1.54) is 23.1 Å². The highest BCUT2D eigenvalue weighted by Crippen LogP contribution is 2.46. The van der Waals surface area contributed by atoms with Crippen LogP contribution in [0.15, 0.2) is 6.07 Å². The summed E-state index contributed by atoms with van der Waals surface area (Å²) in [5.41, 5.74) is 4.23. The fourth-order valence-corrected chi connectivity index (χ4v) is 3.69. The first-order valence-electron chi connectivity index (χ1n) is 6.71. The van der Waals surface area contributed by atoms with Crippen LogP contribution < -0.4 is 14.8 Å². The molecule has 0 saturated carbocycles. The lowest BCUT2D eigenvalue weighted by molar-refractivity contribution is 0.343. The Labute approximate surface area is 108 Å². The third-order valence-electron chi connectivity index (χ3n) is 4.50. The lowest BCUT2D eigenvalue weighted by atomic mass is 9.75. The number of methoxy groups -OCH3 is 2. The maximum Gasteiger partial charge on any atom is 0.164 e. The molecule has 18 heavy (non-hydrogen) atoms. The number of hydrogen-bond acceptors (Lipinski definition) is 3. The molecule has 1 aromatic carbocycles. The summed E-state index contributed by atoms with van der Waals surface area (Å²) in [5.74, 6) is 3.28. The maximum absolute atomic E-state index is 5.59. The number of benzene rings is 1. The molecule has 0 aromatic heterocycles. The van der Waals surface area contributed by atoms with Crippen LogP contribution >= 0.6 is 0 Å². The van der Waals surface area contributed by atoms with E-state index in [1.807, 2.05) is 0 Å². The predicted molar refractivity (Wildman–Crippen MR) is 71.7 cm³/mol. The topological polar surface area (TPSA) is 30.5 Å². The normalized spacial score (nSPS) is 25.5. The van der Waals surface area contributed by atoms with E-state index in [-0.39, 0.29) is 0 Å². The first-order chi connectivity index (χ1) is 8.76. The second-order valence-corrected chi connectivity index (χ2v) is 5.38. The minimum atomic E-state index is 0.661. The van der Waals surface area contributed by atoms with Gasteiger partial charge in [0.15, 0.2) is 11.5 Å². The van der Waals surface area contributed by atoms with E-state index in [0.717, 1.165) is 36.9 Å². The van der Waals surface area contributed by atoms with Crippen molar-refractivity contribution in [1.29, 1.82) is 0 Å². The summed E-state index contributed by atoms with van der Waals surface area (Å²) >= 11 is 0. The van der Waals surface area contributed by atoms with Gasteiger partial charge in [-0.15, -0.1) is 0 Å². The zero-order valence-electron chi connectivity index (χ0n) is 11.4. The van der Waals surface area contributed by atoms with Crippen molar-refractivity contribution in [2.75, 3.05) is 27.3 Å². The zero-order chi connectivity index (χ0) is 12.7. The van der Waals surface area contributed by atoms with Gasteiger partial charge in [-0.3, -0.25) is 0 Å². The average Bonchev–Trinajstić information content (AvgIpc) is 2.86. The van der Waals surface area contributed by atoms with Crippen LogP contribution in [0.3, 0.4) is 0 Å². The monoisotopic (exact) mass is 247 g/mol. The van der Waals surface area contributed by atoms with E-state index in [9.17, 15) is 0 Å². The van der Waals surface area contributed by atoms with Crippen LogP contribution in [0.2, 0.25) is 0 Å². The summed E-state index contributed by atoms with van der Waals surface area (Å²) in [6, 6.07) is 2.12. The molecule has 0 spiro atoms. The number of fused-ring (bicyclic) bond motifs is 3. The van der Waals surface area contributed by atoms with E-state index in [4.69, 9.17) is 9.47 Å². The van der Waals surface area contributed by atoms with Gasteiger partial charge in [-0.25, -0.2) is 0 Å². The van der Waals surface area contributed by atoms with Gasteiger partial charge in [-0.2, -0.15) is 0 Å². The Bertz CT molecular complexity index is 470. The second-order valence-electron chi connectivity index (χ2n) is 5.38. The largest absolute Gasteiger partial charge is 0.493 e. The number of nitrogens with one attached hydrogen (secondary N) is 1. The van der Waals surface area contributed by atoms with Gasteiger partial charge in [-0.05, 0) is 49.4 Å². The fourth-order valence-electron chi connectivity index (χ4n) is 3.69. The Hall–Kier alpha value is -1.22. The minimum absolute atomic E-state index is 0.661. The number of ether oxygens (including phenoxy) is 2. The highest BCUT2D eigenvalue weighted by Gasteiger charge is 2.36. The van der Waals surface area contributed by atoms with E-state index in [0.29, 0.717) is 5.92 Å². The van der Waals surface area contributed by atoms with Crippen molar-refractivity contribution in [2.45, 2.75) is 25.7 Å². The van der Waals surface area contributed by atoms with Crippen LogP contribution in [0, 0.1) is 12.8 Å². The standard InChI is InChI=1S/C15H21NO2/c1-9-6-13(17-2)15(18-3)11-5-4-10-7-16-8-12(10)14(9)11/h6,10,12,16H,4-5,7-8H2,1-3H3.